The maximum atomic E-state index is 13.7. The van der Waals surface area contributed by atoms with Crippen molar-refractivity contribution in [3.63, 3.8) is 0 Å². The van der Waals surface area contributed by atoms with Gasteiger partial charge in [0.15, 0.2) is 11.6 Å². The van der Waals surface area contributed by atoms with Crippen LogP contribution in [0.3, 0.4) is 0 Å². The van der Waals surface area contributed by atoms with Gasteiger partial charge >= 0.3 is 0 Å². The first-order chi connectivity index (χ1) is 9.02. The number of nitrogens with two attached hydrogens (primary N) is 1. The number of ether oxygens (including phenoxy) is 1. The fourth-order valence-electron chi connectivity index (χ4n) is 1.91. The van der Waals surface area contributed by atoms with Gasteiger partial charge in [0.1, 0.15) is 5.69 Å². The van der Waals surface area contributed by atoms with Gasteiger partial charge in [0.2, 0.25) is 5.88 Å². The number of anilines is 1. The van der Waals surface area contributed by atoms with Crippen molar-refractivity contribution in [1.82, 2.24) is 9.78 Å². The van der Waals surface area contributed by atoms with E-state index >= 15 is 0 Å². The van der Waals surface area contributed by atoms with Crippen LogP contribution in [0.4, 0.5) is 10.1 Å². The Bertz CT molecular complexity index is 593. The predicted octanol–water partition coefficient (Wildman–Crippen LogP) is 3.19. The van der Waals surface area contributed by atoms with Crippen molar-refractivity contribution in [2.45, 2.75) is 26.7 Å². The number of benzene rings is 1. The monoisotopic (exact) mass is 263 g/mol. The molecule has 0 aliphatic carbocycles. The van der Waals surface area contributed by atoms with Gasteiger partial charge in [0, 0.05) is 7.05 Å². The maximum absolute atomic E-state index is 13.7. The van der Waals surface area contributed by atoms with E-state index in [4.69, 9.17) is 10.5 Å². The van der Waals surface area contributed by atoms with Gasteiger partial charge in [0.25, 0.3) is 0 Å². The fraction of sp³-hybridized carbons (Fsp3) is 0.357. The van der Waals surface area contributed by atoms with Crippen LogP contribution in [0.2, 0.25) is 0 Å². The highest BCUT2D eigenvalue weighted by Crippen LogP contribution is 2.31. The van der Waals surface area contributed by atoms with Gasteiger partial charge in [-0.25, -0.2) is 9.07 Å². The molecule has 1 heterocycles. The lowest BCUT2D eigenvalue weighted by Gasteiger charge is -2.08. The normalized spacial score (nSPS) is 10.7. The van der Waals surface area contributed by atoms with Crippen molar-refractivity contribution in [1.29, 1.82) is 0 Å². The molecular formula is C14H18FN3O. The molecule has 0 amide bonds. The van der Waals surface area contributed by atoms with Crippen molar-refractivity contribution < 1.29 is 9.13 Å². The Hall–Kier alpha value is -2.04. The number of rotatable bonds is 4. The highest BCUT2D eigenvalue weighted by Gasteiger charge is 2.16. The molecule has 0 saturated heterocycles. The van der Waals surface area contributed by atoms with Gasteiger partial charge in [-0.15, -0.1) is 0 Å². The van der Waals surface area contributed by atoms with Gasteiger partial charge in [-0.3, -0.25) is 0 Å². The van der Waals surface area contributed by atoms with E-state index in [9.17, 15) is 4.39 Å². The topological polar surface area (TPSA) is 53.1 Å². The van der Waals surface area contributed by atoms with E-state index < -0.39 is 5.82 Å². The third kappa shape index (κ3) is 2.70. The van der Waals surface area contributed by atoms with E-state index in [1.54, 1.807) is 23.9 Å². The summed E-state index contributed by atoms with van der Waals surface area (Å²) in [6.45, 7) is 3.93. The molecule has 0 radical (unpaired) electrons. The molecule has 0 aliphatic heterocycles. The quantitative estimate of drug-likeness (QED) is 0.921. The van der Waals surface area contributed by atoms with Crippen LogP contribution >= 0.6 is 0 Å². The molecule has 0 unspecified atom stereocenters. The summed E-state index contributed by atoms with van der Waals surface area (Å²) in [6, 6.07) is 4.71. The minimum absolute atomic E-state index is 0.165. The first-order valence-electron chi connectivity index (χ1n) is 6.28. The van der Waals surface area contributed by atoms with E-state index in [2.05, 4.69) is 12.0 Å². The first-order valence-corrected chi connectivity index (χ1v) is 6.28. The maximum Gasteiger partial charge on any atom is 0.241 e. The Morgan fingerprint density at radius 3 is 2.84 bits per heavy atom. The molecule has 2 rings (SSSR count). The lowest BCUT2D eigenvalue weighted by atomic mass is 10.2. The summed E-state index contributed by atoms with van der Waals surface area (Å²) >= 11 is 0. The molecule has 0 atom stereocenters. The average Bonchev–Trinajstić information content (AvgIpc) is 2.62. The van der Waals surface area contributed by atoms with Gasteiger partial charge in [0.05, 0.1) is 5.69 Å². The number of hydrogen-bond acceptors (Lipinski definition) is 3. The Morgan fingerprint density at radius 2 is 2.16 bits per heavy atom. The lowest BCUT2D eigenvalue weighted by molar-refractivity contribution is 0.405. The number of halogens is 1. The summed E-state index contributed by atoms with van der Waals surface area (Å²) in [4.78, 5) is 0. The molecule has 0 saturated carbocycles. The standard InChI is InChI=1S/C14H18FN3O/c1-4-5-11-13(16)14(18(3)17-11)19-12-8-9(2)6-7-10(12)15/h6-8H,4-5,16H2,1-3H3. The molecule has 0 spiro atoms. The Kier molecular flexibility index (Phi) is 3.74. The smallest absolute Gasteiger partial charge is 0.241 e. The molecule has 0 aliphatic rings. The SMILES string of the molecule is CCCc1nn(C)c(Oc2cc(C)ccc2F)c1N. The Labute approximate surface area is 112 Å². The second kappa shape index (κ2) is 5.30. The minimum Gasteiger partial charge on any atom is -0.434 e. The zero-order chi connectivity index (χ0) is 14.0. The molecule has 0 bridgehead atoms. The minimum atomic E-state index is -0.414. The Balaban J connectivity index is 2.35. The van der Waals surface area contributed by atoms with Crippen LogP contribution in [0.15, 0.2) is 18.2 Å². The molecule has 0 fully saturated rings. The van der Waals surface area contributed by atoms with Crippen LogP contribution in [0, 0.1) is 12.7 Å². The van der Waals surface area contributed by atoms with Gasteiger partial charge in [-0.05, 0) is 31.0 Å². The zero-order valence-corrected chi connectivity index (χ0v) is 11.4. The Morgan fingerprint density at radius 1 is 1.42 bits per heavy atom. The number of nitrogen functional groups attached to an aromatic ring is 1. The summed E-state index contributed by atoms with van der Waals surface area (Å²) in [5.41, 5.74) is 8.18. The molecule has 1 aromatic carbocycles. The zero-order valence-electron chi connectivity index (χ0n) is 11.4. The van der Waals surface area contributed by atoms with Crippen molar-refractivity contribution in [2.24, 2.45) is 7.05 Å². The first kappa shape index (κ1) is 13.4. The summed E-state index contributed by atoms with van der Waals surface area (Å²) < 4.78 is 20.8. The summed E-state index contributed by atoms with van der Waals surface area (Å²) in [5, 5.41) is 4.29. The highest BCUT2D eigenvalue weighted by atomic mass is 19.1. The van der Waals surface area contributed by atoms with E-state index in [1.165, 1.54) is 6.07 Å². The van der Waals surface area contributed by atoms with Gasteiger partial charge in [-0.1, -0.05) is 19.4 Å². The van der Waals surface area contributed by atoms with Gasteiger partial charge in [-0.2, -0.15) is 5.10 Å². The number of hydrogen-bond donors (Lipinski definition) is 1. The van der Waals surface area contributed by atoms with Crippen LogP contribution in [0.25, 0.3) is 0 Å². The van der Waals surface area contributed by atoms with Crippen LogP contribution in [-0.4, -0.2) is 9.78 Å². The van der Waals surface area contributed by atoms with Crippen molar-refractivity contribution in [3.8, 4) is 11.6 Å². The molecule has 1 aromatic heterocycles. The third-order valence-corrected chi connectivity index (χ3v) is 2.89. The molecule has 19 heavy (non-hydrogen) atoms. The van der Waals surface area contributed by atoms with E-state index in [1.807, 2.05) is 6.92 Å². The fourth-order valence-corrected chi connectivity index (χ4v) is 1.91. The van der Waals surface area contributed by atoms with Crippen LogP contribution in [0.1, 0.15) is 24.6 Å². The van der Waals surface area contributed by atoms with E-state index in [-0.39, 0.29) is 5.75 Å². The van der Waals surface area contributed by atoms with Crippen molar-refractivity contribution >= 4 is 5.69 Å². The lowest BCUT2D eigenvalue weighted by Crippen LogP contribution is -1.98. The molecule has 2 aromatic rings. The molecule has 2 N–H and O–H groups in total. The number of nitrogens with zero attached hydrogens (tertiary/aromatic N) is 2. The summed E-state index contributed by atoms with van der Waals surface area (Å²) in [7, 11) is 1.73. The van der Waals surface area contributed by atoms with Crippen molar-refractivity contribution in [3.05, 3.63) is 35.3 Å². The average molecular weight is 263 g/mol. The van der Waals surface area contributed by atoms with Crippen LogP contribution in [-0.2, 0) is 13.5 Å². The van der Waals surface area contributed by atoms with Gasteiger partial charge < -0.3 is 10.5 Å². The largest absolute Gasteiger partial charge is 0.434 e. The molecule has 102 valence electrons. The van der Waals surface area contributed by atoms with Crippen LogP contribution < -0.4 is 10.5 Å². The molecule has 5 heteroatoms. The second-order valence-corrected chi connectivity index (χ2v) is 4.58. The van der Waals surface area contributed by atoms with Crippen molar-refractivity contribution in [2.75, 3.05) is 5.73 Å². The summed E-state index contributed by atoms with van der Waals surface area (Å²) in [5.74, 6) is 0.133. The predicted molar refractivity (Wildman–Crippen MR) is 72.8 cm³/mol. The van der Waals surface area contributed by atoms with E-state index in [0.717, 1.165) is 24.1 Å². The highest BCUT2D eigenvalue weighted by molar-refractivity contribution is 5.54. The summed E-state index contributed by atoms with van der Waals surface area (Å²) in [6.07, 6.45) is 1.72. The number of aromatic nitrogens is 2. The third-order valence-electron chi connectivity index (χ3n) is 2.89. The number of aryl methyl sites for hydroxylation is 3. The van der Waals surface area contributed by atoms with Crippen LogP contribution in [0.5, 0.6) is 11.6 Å². The molecular weight excluding hydrogens is 245 g/mol. The molecule has 4 nitrogen and oxygen atoms in total. The van der Waals surface area contributed by atoms with E-state index in [0.29, 0.717) is 11.6 Å². The second-order valence-electron chi connectivity index (χ2n) is 4.58.